The summed E-state index contributed by atoms with van der Waals surface area (Å²) in [6.45, 7) is 0.326. The third-order valence-electron chi connectivity index (χ3n) is 2.93. The van der Waals surface area contributed by atoms with E-state index < -0.39 is 27.7 Å². The summed E-state index contributed by atoms with van der Waals surface area (Å²) >= 11 is 5.78. The molecule has 144 valence electrons. The molecule has 0 fully saturated rings. The van der Waals surface area contributed by atoms with Crippen molar-refractivity contribution in [1.82, 2.24) is 4.72 Å². The second-order valence-electron chi connectivity index (χ2n) is 4.85. The first-order valence-corrected chi connectivity index (χ1v) is 8.29. The normalized spacial score (nSPS) is 14.4. The van der Waals surface area contributed by atoms with Crippen molar-refractivity contribution in [3.63, 3.8) is 0 Å². The average molecular weight is 426 g/mol. The van der Waals surface area contributed by atoms with Crippen molar-refractivity contribution in [2.45, 2.75) is 23.6 Å². The maximum atomic E-state index is 12.6. The summed E-state index contributed by atoms with van der Waals surface area (Å²) in [6, 6.07) is 2.98. The molecular weight excluding hydrogens is 410 g/mol. The van der Waals surface area contributed by atoms with Crippen LogP contribution in [0, 0.1) is 0 Å². The number of alkyl halides is 3. The minimum atomic E-state index is -5.20. The minimum absolute atomic E-state index is 0. The van der Waals surface area contributed by atoms with Crippen molar-refractivity contribution < 1.29 is 31.5 Å². The van der Waals surface area contributed by atoms with E-state index in [1.807, 2.05) is 0 Å². The van der Waals surface area contributed by atoms with Crippen LogP contribution in [0.2, 0.25) is 5.02 Å². The van der Waals surface area contributed by atoms with Crippen LogP contribution < -0.4 is 15.8 Å². The maximum Gasteiger partial charge on any atom is 0.426 e. The molecule has 0 saturated carbocycles. The van der Waals surface area contributed by atoms with Crippen LogP contribution >= 0.6 is 24.0 Å². The van der Waals surface area contributed by atoms with E-state index in [1.54, 1.807) is 5.32 Å². The monoisotopic (exact) mass is 425 g/mol. The predicted molar refractivity (Wildman–Crippen MR) is 88.3 cm³/mol. The van der Waals surface area contributed by atoms with Crippen LogP contribution in [0.4, 0.5) is 18.9 Å². The lowest BCUT2D eigenvalue weighted by atomic mass is 10.1. The zero-order valence-electron chi connectivity index (χ0n) is 12.7. The Bertz CT molecular complexity index is 727. The number of carbonyl (C=O) groups excluding carboxylic acids is 1. The highest BCUT2D eigenvalue weighted by molar-refractivity contribution is 7.89. The quantitative estimate of drug-likeness (QED) is 0.546. The molecule has 0 heterocycles. The number of aliphatic hydroxyl groups is 1. The van der Waals surface area contributed by atoms with Gasteiger partial charge in [-0.1, -0.05) is 11.6 Å². The number of anilines is 1. The molecule has 1 aromatic carbocycles. The number of benzene rings is 1. The van der Waals surface area contributed by atoms with Gasteiger partial charge in [-0.2, -0.15) is 13.2 Å². The first kappa shape index (κ1) is 23.9. The van der Waals surface area contributed by atoms with Crippen molar-refractivity contribution in [3.05, 3.63) is 23.2 Å². The average Bonchev–Trinajstić information content (AvgIpc) is 2.45. The van der Waals surface area contributed by atoms with Gasteiger partial charge in [-0.15, -0.1) is 12.4 Å². The molecule has 0 saturated heterocycles. The summed E-state index contributed by atoms with van der Waals surface area (Å²) in [6.07, 6.45) is -5.20. The maximum absolute atomic E-state index is 12.6. The lowest BCUT2D eigenvalue weighted by molar-refractivity contribution is -0.242. The van der Waals surface area contributed by atoms with E-state index >= 15 is 0 Å². The summed E-state index contributed by atoms with van der Waals surface area (Å²) in [7, 11) is -3.90. The van der Waals surface area contributed by atoms with Gasteiger partial charge in [-0.25, -0.2) is 13.1 Å². The molecule has 0 aliphatic heterocycles. The molecule has 1 amide bonds. The van der Waals surface area contributed by atoms with Gasteiger partial charge in [0, 0.05) is 13.1 Å². The van der Waals surface area contributed by atoms with E-state index in [0.717, 1.165) is 18.2 Å². The Kier molecular flexibility index (Phi) is 8.14. The summed E-state index contributed by atoms with van der Waals surface area (Å²) in [4.78, 5) is 11.3. The topological polar surface area (TPSA) is 122 Å². The number of rotatable bonds is 6. The van der Waals surface area contributed by atoms with Gasteiger partial charge in [0.1, 0.15) is 0 Å². The van der Waals surface area contributed by atoms with Crippen molar-refractivity contribution >= 4 is 45.6 Å². The van der Waals surface area contributed by atoms with Gasteiger partial charge in [-0.3, -0.25) is 4.79 Å². The zero-order chi connectivity index (χ0) is 18.8. The second-order valence-corrected chi connectivity index (χ2v) is 7.03. The van der Waals surface area contributed by atoms with Crippen LogP contribution in [0.5, 0.6) is 0 Å². The summed E-state index contributed by atoms with van der Waals surface area (Å²) in [5, 5.41) is 10.7. The Hall–Kier alpha value is -1.11. The zero-order valence-corrected chi connectivity index (χ0v) is 15.1. The summed E-state index contributed by atoms with van der Waals surface area (Å²) in [5.41, 5.74) is 1.26. The minimum Gasteiger partial charge on any atom is -0.373 e. The van der Waals surface area contributed by atoms with Crippen LogP contribution in [0.25, 0.3) is 0 Å². The van der Waals surface area contributed by atoms with Gasteiger partial charge >= 0.3 is 6.18 Å². The van der Waals surface area contributed by atoms with Crippen LogP contribution in [0.1, 0.15) is 6.92 Å². The Morgan fingerprint density at radius 2 is 1.92 bits per heavy atom. The van der Waals surface area contributed by atoms with E-state index in [1.165, 1.54) is 0 Å². The SMILES string of the molecule is C[C@@](O)(C(=O)Nc1ccc(S(=O)(=O)NCCN)cc1Cl)C(F)(F)F.Cl. The number of hydrogen-bond acceptors (Lipinski definition) is 5. The smallest absolute Gasteiger partial charge is 0.373 e. The third-order valence-corrected chi connectivity index (χ3v) is 4.70. The number of sulfonamides is 1. The largest absolute Gasteiger partial charge is 0.426 e. The molecule has 1 atom stereocenters. The lowest BCUT2D eigenvalue weighted by Crippen LogP contribution is -2.52. The number of nitrogens with one attached hydrogen (secondary N) is 2. The van der Waals surface area contributed by atoms with Gasteiger partial charge in [0.2, 0.25) is 15.6 Å². The molecule has 0 radical (unpaired) electrons. The fourth-order valence-corrected chi connectivity index (χ4v) is 2.78. The van der Waals surface area contributed by atoms with E-state index in [4.69, 9.17) is 17.3 Å². The lowest BCUT2D eigenvalue weighted by Gasteiger charge is -2.25. The Morgan fingerprint density at radius 1 is 1.36 bits per heavy atom. The summed E-state index contributed by atoms with van der Waals surface area (Å²) < 4.78 is 63.7. The molecule has 5 N–H and O–H groups in total. The molecular formula is C12H16Cl2F3N3O4S. The number of nitrogens with two attached hydrogens (primary N) is 1. The van der Waals surface area contributed by atoms with Crippen molar-refractivity contribution in [2.24, 2.45) is 5.73 Å². The standard InChI is InChI=1S/C12H15ClF3N3O4S.ClH/c1-11(21,12(14,15)16)10(20)19-9-3-2-7(6-8(9)13)24(22,23)18-5-4-17;/h2-3,6,18,21H,4-5,17H2,1H3,(H,19,20);1H/t11-;/m1./s1. The van der Waals surface area contributed by atoms with E-state index in [0.29, 0.717) is 0 Å². The molecule has 0 aliphatic rings. The molecule has 0 aromatic heterocycles. The predicted octanol–water partition coefficient (Wildman–Crippen LogP) is 1.25. The highest BCUT2D eigenvalue weighted by Gasteiger charge is 2.55. The number of halogens is 5. The Labute approximate surface area is 153 Å². The molecule has 0 unspecified atom stereocenters. The molecule has 0 bridgehead atoms. The van der Waals surface area contributed by atoms with Crippen LogP contribution in [0.3, 0.4) is 0 Å². The van der Waals surface area contributed by atoms with Crippen LogP contribution in [-0.2, 0) is 14.8 Å². The number of carbonyl (C=O) groups is 1. The molecule has 1 rings (SSSR count). The molecule has 25 heavy (non-hydrogen) atoms. The molecule has 0 spiro atoms. The Morgan fingerprint density at radius 3 is 2.36 bits per heavy atom. The number of amides is 1. The first-order valence-electron chi connectivity index (χ1n) is 6.43. The fourth-order valence-electron chi connectivity index (χ4n) is 1.41. The summed E-state index contributed by atoms with van der Waals surface area (Å²) in [5.74, 6) is -1.76. The third kappa shape index (κ3) is 5.69. The first-order chi connectivity index (χ1) is 10.8. The van der Waals surface area contributed by atoms with Gasteiger partial charge in [0.05, 0.1) is 15.6 Å². The second kappa shape index (κ2) is 8.52. The Balaban J connectivity index is 0.00000576. The molecule has 1 aromatic rings. The number of hydrogen-bond donors (Lipinski definition) is 4. The molecule has 13 heteroatoms. The highest BCUT2D eigenvalue weighted by Crippen LogP contribution is 2.32. The van der Waals surface area contributed by atoms with Crippen molar-refractivity contribution in [2.75, 3.05) is 18.4 Å². The van der Waals surface area contributed by atoms with E-state index in [-0.39, 0.29) is 48.0 Å². The van der Waals surface area contributed by atoms with Gasteiger partial charge in [0.15, 0.2) is 0 Å². The van der Waals surface area contributed by atoms with Crippen molar-refractivity contribution in [1.29, 1.82) is 0 Å². The van der Waals surface area contributed by atoms with Gasteiger partial charge in [-0.05, 0) is 25.1 Å². The van der Waals surface area contributed by atoms with Gasteiger partial charge < -0.3 is 16.2 Å². The van der Waals surface area contributed by atoms with Crippen LogP contribution in [0.15, 0.2) is 23.1 Å². The van der Waals surface area contributed by atoms with E-state index in [9.17, 15) is 31.5 Å². The molecule has 0 aliphatic carbocycles. The van der Waals surface area contributed by atoms with Gasteiger partial charge in [0.25, 0.3) is 5.91 Å². The van der Waals surface area contributed by atoms with E-state index in [2.05, 4.69) is 4.72 Å². The highest BCUT2D eigenvalue weighted by atomic mass is 35.5. The fraction of sp³-hybridized carbons (Fsp3) is 0.417. The van der Waals surface area contributed by atoms with Crippen LogP contribution in [-0.4, -0.2) is 44.3 Å². The molecule has 7 nitrogen and oxygen atoms in total. The van der Waals surface area contributed by atoms with Crippen molar-refractivity contribution in [3.8, 4) is 0 Å².